The van der Waals surface area contributed by atoms with Gasteiger partial charge in [0.1, 0.15) is 17.0 Å². The summed E-state index contributed by atoms with van der Waals surface area (Å²) in [7, 11) is 0. The molecule has 1 spiro atoms. The van der Waals surface area contributed by atoms with Gasteiger partial charge in [-0.2, -0.15) is 0 Å². The van der Waals surface area contributed by atoms with Crippen molar-refractivity contribution >= 4 is 27.4 Å². The minimum Gasteiger partial charge on any atom is -0.392 e. The van der Waals surface area contributed by atoms with Gasteiger partial charge in [-0.25, -0.2) is 9.97 Å². The molecule has 0 bridgehead atoms. The highest BCUT2D eigenvalue weighted by Gasteiger charge is 2.56. The maximum Gasteiger partial charge on any atom is 0.141 e. The molecule has 2 atom stereocenters. The van der Waals surface area contributed by atoms with Gasteiger partial charge in [0.2, 0.25) is 0 Å². The van der Waals surface area contributed by atoms with E-state index in [9.17, 15) is 5.11 Å². The van der Waals surface area contributed by atoms with Crippen molar-refractivity contribution < 1.29 is 9.84 Å². The molecule has 4 rings (SSSR count). The second-order valence-corrected chi connectivity index (χ2v) is 8.28. The minimum atomic E-state index is -0.216. The van der Waals surface area contributed by atoms with Crippen molar-refractivity contribution in [2.24, 2.45) is 5.41 Å². The van der Waals surface area contributed by atoms with Crippen LogP contribution in [0.4, 0.5) is 5.82 Å². The molecule has 1 N–H and O–H groups in total. The first-order chi connectivity index (χ1) is 11.6. The summed E-state index contributed by atoms with van der Waals surface area (Å²) in [5.41, 5.74) is 1.25. The molecule has 0 amide bonds. The Kier molecular flexibility index (Phi) is 4.01. The number of hydrogen-bond donors (Lipinski definition) is 1. The third kappa shape index (κ3) is 2.27. The fourth-order valence-electron chi connectivity index (χ4n) is 4.36. The number of ether oxygens (including phenoxy) is 1. The number of aliphatic hydroxyl groups is 1. The zero-order valence-corrected chi connectivity index (χ0v) is 15.4. The Morgan fingerprint density at radius 1 is 1.33 bits per heavy atom. The van der Waals surface area contributed by atoms with E-state index in [0.29, 0.717) is 0 Å². The summed E-state index contributed by atoms with van der Waals surface area (Å²) in [6.45, 7) is 8.90. The Morgan fingerprint density at radius 3 is 2.75 bits per heavy atom. The van der Waals surface area contributed by atoms with Gasteiger partial charge in [0.05, 0.1) is 17.6 Å². The monoisotopic (exact) mass is 347 g/mol. The molecule has 2 aromatic heterocycles. The Hall–Kier alpha value is -1.24. The maximum atomic E-state index is 10.4. The number of fused-ring (bicyclic) bond motifs is 1. The largest absolute Gasteiger partial charge is 0.392 e. The van der Waals surface area contributed by atoms with Crippen LogP contribution >= 0.6 is 11.3 Å². The van der Waals surface area contributed by atoms with Crippen LogP contribution in [0.15, 0.2) is 6.33 Å². The molecule has 0 unspecified atom stereocenters. The number of hydrogen-bond acceptors (Lipinski definition) is 6. The molecule has 24 heavy (non-hydrogen) atoms. The van der Waals surface area contributed by atoms with E-state index in [2.05, 4.69) is 28.7 Å². The fourth-order valence-corrected chi connectivity index (χ4v) is 5.35. The van der Waals surface area contributed by atoms with Gasteiger partial charge in [-0.1, -0.05) is 0 Å². The van der Waals surface area contributed by atoms with Crippen LogP contribution in [0, 0.1) is 19.3 Å². The third-order valence-corrected chi connectivity index (χ3v) is 7.16. The smallest absolute Gasteiger partial charge is 0.141 e. The summed E-state index contributed by atoms with van der Waals surface area (Å²) >= 11 is 1.74. The van der Waals surface area contributed by atoms with Crippen LogP contribution < -0.4 is 4.90 Å². The van der Waals surface area contributed by atoms with E-state index in [-0.39, 0.29) is 17.6 Å². The molecule has 2 aromatic rings. The minimum absolute atomic E-state index is 0.0434. The summed E-state index contributed by atoms with van der Waals surface area (Å²) in [4.78, 5) is 13.8. The molecule has 1 saturated carbocycles. The third-order valence-electron chi connectivity index (χ3n) is 6.05. The van der Waals surface area contributed by atoms with E-state index in [1.54, 1.807) is 17.7 Å². The molecule has 0 aromatic carbocycles. The molecule has 130 valence electrons. The first kappa shape index (κ1) is 16.2. The zero-order chi connectivity index (χ0) is 16.9. The normalized spacial score (nSPS) is 26.1. The van der Waals surface area contributed by atoms with Gasteiger partial charge in [0.15, 0.2) is 0 Å². The molecule has 1 saturated heterocycles. The molecule has 5 nitrogen and oxygen atoms in total. The summed E-state index contributed by atoms with van der Waals surface area (Å²) in [5, 5.41) is 11.6. The van der Waals surface area contributed by atoms with Gasteiger partial charge >= 0.3 is 0 Å². The molecule has 1 aliphatic carbocycles. The van der Waals surface area contributed by atoms with E-state index in [1.807, 2.05) is 6.92 Å². The van der Waals surface area contributed by atoms with Gasteiger partial charge in [-0.15, -0.1) is 11.3 Å². The average molecular weight is 347 g/mol. The lowest BCUT2D eigenvalue weighted by atomic mass is 9.58. The van der Waals surface area contributed by atoms with Crippen molar-refractivity contribution in [3.8, 4) is 0 Å². The highest BCUT2D eigenvalue weighted by atomic mass is 32.1. The summed E-state index contributed by atoms with van der Waals surface area (Å²) in [6.07, 6.45) is 4.40. The molecular weight excluding hydrogens is 322 g/mol. The number of thiophene rings is 1. The maximum absolute atomic E-state index is 10.4. The Balaban J connectivity index is 1.59. The van der Waals surface area contributed by atoms with E-state index < -0.39 is 0 Å². The number of aryl methyl sites for hydroxylation is 2. The molecular formula is C18H25N3O2S. The van der Waals surface area contributed by atoms with Crippen molar-refractivity contribution in [1.82, 2.24) is 9.97 Å². The zero-order valence-electron chi connectivity index (χ0n) is 14.6. The van der Waals surface area contributed by atoms with Crippen LogP contribution in [0.5, 0.6) is 0 Å². The second kappa shape index (κ2) is 5.93. The summed E-state index contributed by atoms with van der Waals surface area (Å²) in [6, 6.07) is 0. The molecule has 2 aliphatic rings. The van der Waals surface area contributed by atoms with Crippen LogP contribution in [0.1, 0.15) is 36.6 Å². The number of piperidine rings is 1. The fraction of sp³-hybridized carbons (Fsp3) is 0.667. The van der Waals surface area contributed by atoms with E-state index in [4.69, 9.17) is 4.74 Å². The van der Waals surface area contributed by atoms with E-state index in [1.165, 1.54) is 15.8 Å². The highest BCUT2D eigenvalue weighted by Crippen LogP contribution is 2.51. The molecule has 1 aliphatic heterocycles. The van der Waals surface area contributed by atoms with Gasteiger partial charge in [0.25, 0.3) is 0 Å². The number of aliphatic hydroxyl groups excluding tert-OH is 1. The van der Waals surface area contributed by atoms with Crippen LogP contribution in [0.3, 0.4) is 0 Å². The Labute approximate surface area is 146 Å². The molecule has 0 radical (unpaired) electrons. The lowest BCUT2D eigenvalue weighted by molar-refractivity contribution is -0.199. The van der Waals surface area contributed by atoms with Gasteiger partial charge in [-0.3, -0.25) is 0 Å². The second-order valence-electron chi connectivity index (χ2n) is 7.08. The standard InChI is InChI=1S/C18H25N3O2S/c1-4-23-14-9-13(22)18(14)5-7-21(8-6-18)16-15-11(2)12(3)24-17(15)20-10-19-16/h10,13-14,22H,4-9H2,1-3H3/t13-,14-/m1/s1. The Bertz CT molecular complexity index is 750. The average Bonchev–Trinajstić information content (AvgIpc) is 2.89. The Morgan fingerprint density at radius 2 is 2.08 bits per heavy atom. The van der Waals surface area contributed by atoms with E-state index in [0.717, 1.165) is 49.6 Å². The van der Waals surface area contributed by atoms with Crippen LogP contribution in [0.2, 0.25) is 0 Å². The van der Waals surface area contributed by atoms with Crippen LogP contribution in [-0.4, -0.2) is 47.0 Å². The quantitative estimate of drug-likeness (QED) is 0.925. The molecule has 6 heteroatoms. The van der Waals surface area contributed by atoms with Crippen LogP contribution in [-0.2, 0) is 4.74 Å². The topological polar surface area (TPSA) is 58.5 Å². The van der Waals surface area contributed by atoms with Gasteiger partial charge < -0.3 is 14.7 Å². The highest BCUT2D eigenvalue weighted by molar-refractivity contribution is 7.18. The van der Waals surface area contributed by atoms with Crippen molar-refractivity contribution in [3.05, 3.63) is 16.8 Å². The number of nitrogens with zero attached hydrogens (tertiary/aromatic N) is 3. The van der Waals surface area contributed by atoms with E-state index >= 15 is 0 Å². The van der Waals surface area contributed by atoms with Crippen molar-refractivity contribution in [2.75, 3.05) is 24.6 Å². The van der Waals surface area contributed by atoms with Gasteiger partial charge in [-0.05, 0) is 39.2 Å². The van der Waals surface area contributed by atoms with Crippen molar-refractivity contribution in [2.45, 2.75) is 52.2 Å². The van der Waals surface area contributed by atoms with Crippen molar-refractivity contribution in [1.29, 1.82) is 0 Å². The summed E-state index contributed by atoms with van der Waals surface area (Å²) < 4.78 is 5.87. The lowest BCUT2D eigenvalue weighted by Gasteiger charge is -2.56. The molecule has 3 heterocycles. The number of aromatic nitrogens is 2. The van der Waals surface area contributed by atoms with Crippen molar-refractivity contribution in [3.63, 3.8) is 0 Å². The van der Waals surface area contributed by atoms with Crippen LogP contribution in [0.25, 0.3) is 10.2 Å². The lowest BCUT2D eigenvalue weighted by Crippen LogP contribution is -2.62. The predicted octanol–water partition coefficient (Wildman–Crippen LogP) is 3.06. The number of rotatable bonds is 3. The summed E-state index contributed by atoms with van der Waals surface area (Å²) in [5.74, 6) is 1.05. The first-order valence-electron chi connectivity index (χ1n) is 8.82. The molecule has 2 fully saturated rings. The first-order valence-corrected chi connectivity index (χ1v) is 9.64. The van der Waals surface area contributed by atoms with Gasteiger partial charge in [0, 0.05) is 36.4 Å². The SMILES string of the molecule is CCO[C@@H]1C[C@@H](O)C12CCN(c1ncnc3sc(C)c(C)c13)CC2. The number of anilines is 1. The predicted molar refractivity (Wildman–Crippen MR) is 96.8 cm³/mol.